The molecule has 1 aliphatic rings. The Morgan fingerprint density at radius 2 is 2.32 bits per heavy atom. The maximum absolute atomic E-state index is 3.65. The van der Waals surface area contributed by atoms with Crippen LogP contribution in [0, 0.1) is 5.92 Å². The van der Waals surface area contributed by atoms with Gasteiger partial charge in [0.05, 0.1) is 0 Å². The normalized spacial score (nSPS) is 23.2. The quantitative estimate of drug-likeness (QED) is 0.850. The molecule has 2 atom stereocenters. The molecular weight excluding hydrogens is 252 g/mol. The molecule has 19 heavy (non-hydrogen) atoms. The van der Waals surface area contributed by atoms with Gasteiger partial charge in [-0.1, -0.05) is 19.4 Å². The topological polar surface area (TPSA) is 15.3 Å². The van der Waals surface area contributed by atoms with Gasteiger partial charge in [0, 0.05) is 24.0 Å². The van der Waals surface area contributed by atoms with Crippen molar-refractivity contribution in [2.75, 3.05) is 26.2 Å². The second-order valence-electron chi connectivity index (χ2n) is 5.74. The van der Waals surface area contributed by atoms with Crippen LogP contribution < -0.4 is 5.32 Å². The van der Waals surface area contributed by atoms with E-state index in [4.69, 9.17) is 0 Å². The van der Waals surface area contributed by atoms with E-state index < -0.39 is 0 Å². The minimum Gasteiger partial charge on any atom is -0.308 e. The van der Waals surface area contributed by atoms with Crippen molar-refractivity contribution in [2.24, 2.45) is 5.92 Å². The van der Waals surface area contributed by atoms with E-state index in [1.807, 2.05) is 11.3 Å². The molecule has 2 rings (SSSR count). The minimum absolute atomic E-state index is 0.496. The van der Waals surface area contributed by atoms with Crippen molar-refractivity contribution < 1.29 is 0 Å². The summed E-state index contributed by atoms with van der Waals surface area (Å²) < 4.78 is 0. The zero-order chi connectivity index (χ0) is 13.5. The van der Waals surface area contributed by atoms with Gasteiger partial charge >= 0.3 is 0 Å². The van der Waals surface area contributed by atoms with E-state index in [1.165, 1.54) is 50.2 Å². The highest BCUT2D eigenvalue weighted by atomic mass is 32.1. The Morgan fingerprint density at radius 3 is 3.05 bits per heavy atom. The van der Waals surface area contributed by atoms with Crippen LogP contribution in [0.5, 0.6) is 0 Å². The van der Waals surface area contributed by atoms with Gasteiger partial charge in [0.15, 0.2) is 0 Å². The third kappa shape index (κ3) is 4.90. The summed E-state index contributed by atoms with van der Waals surface area (Å²) in [6, 6.07) is 4.85. The van der Waals surface area contributed by atoms with Crippen molar-refractivity contribution >= 4 is 11.3 Å². The van der Waals surface area contributed by atoms with Gasteiger partial charge in [-0.2, -0.15) is 0 Å². The summed E-state index contributed by atoms with van der Waals surface area (Å²) in [6.45, 7) is 9.51. The Morgan fingerprint density at radius 1 is 1.42 bits per heavy atom. The molecule has 2 nitrogen and oxygen atoms in total. The summed E-state index contributed by atoms with van der Waals surface area (Å²) in [5.41, 5.74) is 0. The maximum atomic E-state index is 3.65. The molecular formula is C16H28N2S. The standard InChI is InChI=1S/C16H28N2S/c1-3-15-6-4-10-18(11-8-15)12-9-17-14(2)16-7-5-13-19-16/h5,7,13-15,17H,3-4,6,8-12H2,1-2H3. The third-order valence-corrected chi connectivity index (χ3v) is 5.42. The average molecular weight is 280 g/mol. The van der Waals surface area contributed by atoms with Crippen molar-refractivity contribution in [3.05, 3.63) is 22.4 Å². The second-order valence-corrected chi connectivity index (χ2v) is 6.72. The first-order valence-corrected chi connectivity index (χ1v) is 8.66. The fraction of sp³-hybridized carbons (Fsp3) is 0.750. The van der Waals surface area contributed by atoms with Crippen LogP contribution in [-0.2, 0) is 0 Å². The van der Waals surface area contributed by atoms with Gasteiger partial charge < -0.3 is 10.2 Å². The average Bonchev–Trinajstić information content (AvgIpc) is 2.86. The van der Waals surface area contributed by atoms with Crippen LogP contribution in [0.15, 0.2) is 17.5 Å². The number of hydrogen-bond acceptors (Lipinski definition) is 3. The zero-order valence-corrected chi connectivity index (χ0v) is 13.2. The molecule has 0 aliphatic carbocycles. The van der Waals surface area contributed by atoms with Crippen LogP contribution in [-0.4, -0.2) is 31.1 Å². The molecule has 1 aliphatic heterocycles. The van der Waals surface area contributed by atoms with Crippen molar-refractivity contribution in [3.63, 3.8) is 0 Å². The Balaban J connectivity index is 1.65. The molecule has 3 heteroatoms. The van der Waals surface area contributed by atoms with Gasteiger partial charge in [-0.25, -0.2) is 0 Å². The van der Waals surface area contributed by atoms with E-state index >= 15 is 0 Å². The predicted molar refractivity (Wildman–Crippen MR) is 84.8 cm³/mol. The predicted octanol–water partition coefficient (Wildman–Crippen LogP) is 3.91. The monoisotopic (exact) mass is 280 g/mol. The molecule has 1 aromatic rings. The van der Waals surface area contributed by atoms with Gasteiger partial charge in [-0.3, -0.25) is 0 Å². The van der Waals surface area contributed by atoms with E-state index in [0.29, 0.717) is 6.04 Å². The number of nitrogens with one attached hydrogen (secondary N) is 1. The van der Waals surface area contributed by atoms with E-state index in [2.05, 4.69) is 41.6 Å². The summed E-state index contributed by atoms with van der Waals surface area (Å²) in [5, 5.41) is 5.81. The number of rotatable bonds is 6. The van der Waals surface area contributed by atoms with Crippen molar-refractivity contribution in [2.45, 2.75) is 45.6 Å². The number of thiophene rings is 1. The van der Waals surface area contributed by atoms with Crippen molar-refractivity contribution in [1.29, 1.82) is 0 Å². The minimum atomic E-state index is 0.496. The molecule has 1 saturated heterocycles. The van der Waals surface area contributed by atoms with Gasteiger partial charge in [-0.15, -0.1) is 11.3 Å². The summed E-state index contributed by atoms with van der Waals surface area (Å²) in [4.78, 5) is 4.09. The highest BCUT2D eigenvalue weighted by Gasteiger charge is 2.15. The summed E-state index contributed by atoms with van der Waals surface area (Å²) >= 11 is 1.85. The lowest BCUT2D eigenvalue weighted by atomic mass is 9.98. The molecule has 0 bridgehead atoms. The Hall–Kier alpha value is -0.380. The molecule has 2 heterocycles. The lowest BCUT2D eigenvalue weighted by Crippen LogP contribution is -2.33. The van der Waals surface area contributed by atoms with E-state index in [9.17, 15) is 0 Å². The third-order valence-electron chi connectivity index (χ3n) is 4.37. The fourth-order valence-corrected chi connectivity index (χ4v) is 3.69. The Labute approximate surface area is 122 Å². The van der Waals surface area contributed by atoms with E-state index in [-0.39, 0.29) is 0 Å². The Bertz CT molecular complexity index is 337. The van der Waals surface area contributed by atoms with Gasteiger partial charge in [0.2, 0.25) is 0 Å². The van der Waals surface area contributed by atoms with Crippen LogP contribution in [0.4, 0.5) is 0 Å². The molecule has 0 saturated carbocycles. The molecule has 0 spiro atoms. The largest absolute Gasteiger partial charge is 0.308 e. The van der Waals surface area contributed by atoms with Crippen LogP contribution in [0.25, 0.3) is 0 Å². The van der Waals surface area contributed by atoms with Gasteiger partial charge in [0.25, 0.3) is 0 Å². The lowest BCUT2D eigenvalue weighted by molar-refractivity contribution is 0.276. The molecule has 1 fully saturated rings. The highest BCUT2D eigenvalue weighted by molar-refractivity contribution is 7.10. The van der Waals surface area contributed by atoms with Crippen LogP contribution >= 0.6 is 11.3 Å². The molecule has 1 N–H and O–H groups in total. The summed E-state index contributed by atoms with van der Waals surface area (Å²) in [7, 11) is 0. The van der Waals surface area contributed by atoms with Crippen LogP contribution in [0.2, 0.25) is 0 Å². The molecule has 0 radical (unpaired) electrons. The van der Waals surface area contributed by atoms with Gasteiger partial charge in [-0.05, 0) is 56.6 Å². The first-order valence-electron chi connectivity index (χ1n) is 7.78. The van der Waals surface area contributed by atoms with Crippen LogP contribution in [0.1, 0.15) is 50.4 Å². The Kier molecular flexibility index (Phi) is 6.35. The zero-order valence-electron chi connectivity index (χ0n) is 12.4. The number of nitrogens with zero attached hydrogens (tertiary/aromatic N) is 1. The first kappa shape index (κ1) is 15.0. The number of hydrogen-bond donors (Lipinski definition) is 1. The van der Waals surface area contributed by atoms with Gasteiger partial charge in [0.1, 0.15) is 0 Å². The lowest BCUT2D eigenvalue weighted by Gasteiger charge is -2.21. The SMILES string of the molecule is CCC1CCCN(CCNC(C)c2cccs2)CC1. The molecule has 1 aromatic heterocycles. The second kappa shape index (κ2) is 8.03. The molecule has 2 unspecified atom stereocenters. The maximum Gasteiger partial charge on any atom is 0.0386 e. The summed E-state index contributed by atoms with van der Waals surface area (Å²) in [6.07, 6.45) is 5.59. The van der Waals surface area contributed by atoms with Crippen LogP contribution in [0.3, 0.4) is 0 Å². The smallest absolute Gasteiger partial charge is 0.0386 e. The number of likely N-dealkylation sites (tertiary alicyclic amines) is 1. The highest BCUT2D eigenvalue weighted by Crippen LogP contribution is 2.20. The molecule has 108 valence electrons. The van der Waals surface area contributed by atoms with Crippen molar-refractivity contribution in [1.82, 2.24) is 10.2 Å². The molecule has 0 aromatic carbocycles. The first-order chi connectivity index (χ1) is 9.29. The van der Waals surface area contributed by atoms with Crippen molar-refractivity contribution in [3.8, 4) is 0 Å². The molecule has 0 amide bonds. The fourth-order valence-electron chi connectivity index (χ4n) is 2.93. The van der Waals surface area contributed by atoms with E-state index in [0.717, 1.165) is 12.5 Å². The van der Waals surface area contributed by atoms with E-state index in [1.54, 1.807) is 0 Å². The summed E-state index contributed by atoms with van der Waals surface area (Å²) in [5.74, 6) is 0.975.